The monoisotopic (exact) mass is 253 g/mol. The van der Waals surface area contributed by atoms with E-state index in [1.54, 1.807) is 6.21 Å². The molecule has 2 rings (SSSR count). The minimum atomic E-state index is 0.509. The van der Waals surface area contributed by atoms with Crippen LogP contribution in [0.15, 0.2) is 48.5 Å². The zero-order chi connectivity index (χ0) is 13.8. The van der Waals surface area contributed by atoms with E-state index in [1.165, 1.54) is 5.56 Å². The topological polar surface area (TPSA) is 26.1 Å². The highest BCUT2D eigenvalue weighted by molar-refractivity contribution is 5.76. The third-order valence-corrected chi connectivity index (χ3v) is 3.16. The average molecular weight is 253 g/mol. The fraction of sp³-hybridized carbons (Fsp3) is 0.235. The van der Waals surface area contributed by atoms with Crippen LogP contribution in [0.2, 0.25) is 0 Å². The molecule has 0 aliphatic carbocycles. The van der Waals surface area contributed by atoms with Crippen molar-refractivity contribution in [3.8, 4) is 0 Å². The third kappa shape index (κ3) is 3.44. The van der Waals surface area contributed by atoms with E-state index in [9.17, 15) is 5.21 Å². The van der Waals surface area contributed by atoms with Gasteiger partial charge in [-0.3, -0.25) is 0 Å². The summed E-state index contributed by atoms with van der Waals surface area (Å²) in [5.74, 6) is 0.509. The van der Waals surface area contributed by atoms with Gasteiger partial charge in [0.05, 0.1) is 0 Å². The molecule has 0 aliphatic heterocycles. The maximum Gasteiger partial charge on any atom is 0.216 e. The zero-order valence-corrected chi connectivity index (χ0v) is 11.6. The fourth-order valence-electron chi connectivity index (χ4n) is 1.87. The first kappa shape index (κ1) is 13.3. The van der Waals surface area contributed by atoms with Crippen LogP contribution in [0.3, 0.4) is 0 Å². The molecule has 0 atom stereocenters. The summed E-state index contributed by atoms with van der Waals surface area (Å²) in [7, 11) is 0. The van der Waals surface area contributed by atoms with Gasteiger partial charge in [-0.15, -0.1) is 0 Å². The molecule has 0 aromatic heterocycles. The second-order valence-corrected chi connectivity index (χ2v) is 5.11. The maximum absolute atomic E-state index is 12.0. The molecule has 2 aromatic rings. The zero-order valence-electron chi connectivity index (χ0n) is 11.6. The van der Waals surface area contributed by atoms with Crippen LogP contribution in [-0.2, 0) is 0 Å². The SMILES string of the molecule is Cc1ccc(/[N+]([O-])=C/c2ccc(C(C)C)cc2)cc1. The van der Waals surface area contributed by atoms with Crippen molar-refractivity contribution in [2.75, 3.05) is 0 Å². The van der Waals surface area contributed by atoms with Crippen molar-refractivity contribution in [2.24, 2.45) is 0 Å². The van der Waals surface area contributed by atoms with E-state index in [0.717, 1.165) is 15.9 Å². The Morgan fingerprint density at radius 2 is 1.53 bits per heavy atom. The number of benzene rings is 2. The molecule has 0 saturated carbocycles. The van der Waals surface area contributed by atoms with Crippen LogP contribution in [0.5, 0.6) is 0 Å². The van der Waals surface area contributed by atoms with Gasteiger partial charge in [-0.1, -0.05) is 43.7 Å². The van der Waals surface area contributed by atoms with Gasteiger partial charge in [-0.2, -0.15) is 4.74 Å². The molecule has 0 aliphatic rings. The van der Waals surface area contributed by atoms with E-state index >= 15 is 0 Å². The Morgan fingerprint density at radius 3 is 2.05 bits per heavy atom. The van der Waals surface area contributed by atoms with Crippen LogP contribution in [0.4, 0.5) is 5.69 Å². The quantitative estimate of drug-likeness (QED) is 0.345. The van der Waals surface area contributed by atoms with Crippen molar-refractivity contribution >= 4 is 11.9 Å². The smallest absolute Gasteiger partial charge is 0.216 e. The van der Waals surface area contributed by atoms with E-state index in [0.29, 0.717) is 11.6 Å². The van der Waals surface area contributed by atoms with Crippen molar-refractivity contribution < 1.29 is 4.74 Å². The van der Waals surface area contributed by atoms with E-state index in [-0.39, 0.29) is 0 Å². The van der Waals surface area contributed by atoms with Crippen molar-refractivity contribution in [1.82, 2.24) is 0 Å². The Morgan fingerprint density at radius 1 is 0.947 bits per heavy atom. The largest absolute Gasteiger partial charge is 0.618 e. The molecule has 0 spiro atoms. The van der Waals surface area contributed by atoms with Crippen LogP contribution in [0.25, 0.3) is 0 Å². The standard InChI is InChI=1S/C17H19NO/c1-13(2)16-8-6-15(7-9-16)12-18(19)17-10-4-14(3)5-11-17/h4-13H,1-3H3/b18-12-. The molecule has 2 nitrogen and oxygen atoms in total. The Hall–Kier alpha value is -2.09. The van der Waals surface area contributed by atoms with Gasteiger partial charge in [0.25, 0.3) is 0 Å². The molecular weight excluding hydrogens is 234 g/mol. The Bertz CT molecular complexity index is 565. The highest BCUT2D eigenvalue weighted by Gasteiger charge is 2.02. The van der Waals surface area contributed by atoms with Gasteiger partial charge in [-0.25, -0.2) is 0 Å². The number of aryl methyl sites for hydroxylation is 1. The van der Waals surface area contributed by atoms with E-state index < -0.39 is 0 Å². The third-order valence-electron chi connectivity index (χ3n) is 3.16. The lowest BCUT2D eigenvalue weighted by molar-refractivity contribution is -0.354. The molecule has 0 amide bonds. The van der Waals surface area contributed by atoms with Gasteiger partial charge < -0.3 is 5.21 Å². The second-order valence-electron chi connectivity index (χ2n) is 5.11. The molecular formula is C17H19NO. The minimum Gasteiger partial charge on any atom is -0.618 e. The molecule has 2 aromatic carbocycles. The molecule has 0 bridgehead atoms. The van der Waals surface area contributed by atoms with Crippen molar-refractivity contribution in [3.05, 3.63) is 70.4 Å². The first-order valence-electron chi connectivity index (χ1n) is 6.54. The predicted octanol–water partition coefficient (Wildman–Crippen LogP) is 4.38. The van der Waals surface area contributed by atoms with Crippen LogP contribution < -0.4 is 0 Å². The molecule has 0 heterocycles. The lowest BCUT2D eigenvalue weighted by Gasteiger charge is -2.06. The number of nitrogens with zero attached hydrogens (tertiary/aromatic N) is 1. The number of rotatable bonds is 3. The number of hydrogen-bond donors (Lipinski definition) is 0. The first-order chi connectivity index (χ1) is 9.06. The summed E-state index contributed by atoms with van der Waals surface area (Å²) in [5, 5.41) is 12.0. The van der Waals surface area contributed by atoms with Crippen LogP contribution in [-0.4, -0.2) is 11.0 Å². The van der Waals surface area contributed by atoms with E-state index in [1.807, 2.05) is 43.3 Å². The Labute approximate surface area is 114 Å². The highest BCUT2D eigenvalue weighted by atomic mass is 16.5. The Balaban J connectivity index is 2.22. The maximum atomic E-state index is 12.0. The van der Waals surface area contributed by atoms with Gasteiger partial charge in [0.1, 0.15) is 0 Å². The lowest BCUT2D eigenvalue weighted by Crippen LogP contribution is -1.99. The molecule has 0 unspecified atom stereocenters. The minimum absolute atomic E-state index is 0.509. The molecule has 0 fully saturated rings. The summed E-state index contributed by atoms with van der Waals surface area (Å²) in [6.45, 7) is 6.32. The molecule has 2 heteroatoms. The van der Waals surface area contributed by atoms with Crippen molar-refractivity contribution in [1.29, 1.82) is 0 Å². The summed E-state index contributed by atoms with van der Waals surface area (Å²) >= 11 is 0. The summed E-state index contributed by atoms with van der Waals surface area (Å²) in [5.41, 5.74) is 4.00. The van der Waals surface area contributed by atoms with Crippen LogP contribution in [0.1, 0.15) is 36.5 Å². The van der Waals surface area contributed by atoms with E-state index in [4.69, 9.17) is 0 Å². The predicted molar refractivity (Wildman–Crippen MR) is 80.2 cm³/mol. The molecule has 0 radical (unpaired) electrons. The summed E-state index contributed by atoms with van der Waals surface area (Å²) < 4.78 is 0.907. The summed E-state index contributed by atoms with van der Waals surface area (Å²) in [6.07, 6.45) is 1.61. The average Bonchev–Trinajstić information content (AvgIpc) is 2.40. The van der Waals surface area contributed by atoms with Crippen molar-refractivity contribution in [3.63, 3.8) is 0 Å². The van der Waals surface area contributed by atoms with Gasteiger partial charge in [-0.05, 0) is 30.5 Å². The van der Waals surface area contributed by atoms with Gasteiger partial charge in [0, 0.05) is 17.7 Å². The Kier molecular flexibility index (Phi) is 4.00. The van der Waals surface area contributed by atoms with E-state index in [2.05, 4.69) is 26.0 Å². The van der Waals surface area contributed by atoms with Gasteiger partial charge in [0.15, 0.2) is 6.21 Å². The fourth-order valence-corrected chi connectivity index (χ4v) is 1.87. The highest BCUT2D eigenvalue weighted by Crippen LogP contribution is 2.15. The number of hydrogen-bond acceptors (Lipinski definition) is 1. The molecule has 19 heavy (non-hydrogen) atoms. The van der Waals surface area contributed by atoms with Crippen LogP contribution in [0, 0.1) is 12.1 Å². The van der Waals surface area contributed by atoms with Gasteiger partial charge in [0.2, 0.25) is 5.69 Å². The van der Waals surface area contributed by atoms with Crippen LogP contribution >= 0.6 is 0 Å². The molecule has 98 valence electrons. The summed E-state index contributed by atoms with van der Waals surface area (Å²) in [4.78, 5) is 0. The normalized spacial score (nSPS) is 11.9. The second kappa shape index (κ2) is 5.70. The lowest BCUT2D eigenvalue weighted by atomic mass is 10.0. The molecule has 0 N–H and O–H groups in total. The first-order valence-corrected chi connectivity index (χ1v) is 6.54. The summed E-state index contributed by atoms with van der Waals surface area (Å²) in [6, 6.07) is 15.6. The van der Waals surface area contributed by atoms with Crippen molar-refractivity contribution in [2.45, 2.75) is 26.7 Å². The van der Waals surface area contributed by atoms with Gasteiger partial charge >= 0.3 is 0 Å². The molecule has 0 saturated heterocycles.